The number of hydrogen-bond donors (Lipinski definition) is 1. The van der Waals surface area contributed by atoms with Gasteiger partial charge in [-0.05, 0) is 74.6 Å². The van der Waals surface area contributed by atoms with Crippen molar-refractivity contribution >= 4 is 17.7 Å². The van der Waals surface area contributed by atoms with Gasteiger partial charge < -0.3 is 9.84 Å². The molecule has 1 amide bonds. The first-order valence-electron chi connectivity index (χ1n) is 11.2. The molecule has 0 saturated heterocycles. The van der Waals surface area contributed by atoms with Crippen molar-refractivity contribution in [1.29, 1.82) is 0 Å². The summed E-state index contributed by atoms with van der Waals surface area (Å²) in [6, 6.07) is 21.2. The molecule has 0 radical (unpaired) electrons. The highest BCUT2D eigenvalue weighted by Gasteiger charge is 2.57. The fourth-order valence-electron chi connectivity index (χ4n) is 4.56. The largest absolute Gasteiger partial charge is 0.479 e. The number of carbonyl (C=O) groups excluding carboxylic acids is 1. The van der Waals surface area contributed by atoms with Crippen LogP contribution in [0.3, 0.4) is 0 Å². The molecule has 0 bridgehead atoms. The summed E-state index contributed by atoms with van der Waals surface area (Å²) in [5, 5.41) is 10.4. The zero-order valence-electron chi connectivity index (χ0n) is 19.7. The van der Waals surface area contributed by atoms with Crippen molar-refractivity contribution in [2.75, 3.05) is 4.90 Å². The molecule has 0 spiro atoms. The molecule has 3 aromatic rings. The number of aliphatic carboxylic acids is 1. The molecule has 1 aliphatic heterocycles. The minimum Gasteiger partial charge on any atom is -0.479 e. The number of anilines is 1. The Balaban J connectivity index is 1.88. The van der Waals surface area contributed by atoms with Gasteiger partial charge in [0.1, 0.15) is 11.4 Å². The number of benzene rings is 3. The fraction of sp³-hybridized carbons (Fsp3) is 0.286. The lowest BCUT2D eigenvalue weighted by molar-refractivity contribution is -0.143. The Kier molecular flexibility index (Phi) is 5.94. The van der Waals surface area contributed by atoms with Crippen molar-refractivity contribution in [1.82, 2.24) is 0 Å². The molecule has 0 aliphatic carbocycles. The summed E-state index contributed by atoms with van der Waals surface area (Å²) in [5.41, 5.74) is 1.36. The lowest BCUT2D eigenvalue weighted by Gasteiger charge is -2.36. The van der Waals surface area contributed by atoms with Gasteiger partial charge in [0.15, 0.2) is 5.54 Å². The van der Waals surface area contributed by atoms with Crippen LogP contribution in [0.2, 0.25) is 0 Å². The van der Waals surface area contributed by atoms with E-state index in [2.05, 4.69) is 0 Å². The summed E-state index contributed by atoms with van der Waals surface area (Å²) >= 11 is 0. The maximum absolute atomic E-state index is 13.5. The van der Waals surface area contributed by atoms with E-state index in [9.17, 15) is 19.1 Å². The number of fused-ring (bicyclic) bond motifs is 1. The van der Waals surface area contributed by atoms with Crippen LogP contribution in [0.25, 0.3) is 11.1 Å². The molecular formula is C28H28FNO4. The average molecular weight is 462 g/mol. The SMILES string of the molecule is CC(C)(C)OC(=O)N1c2cc(-c3ccc(F)cc3)ccc2C(Cc2ccccc2)C1(C)C(=O)O. The van der Waals surface area contributed by atoms with E-state index in [-0.39, 0.29) is 5.82 Å². The number of carbonyl (C=O) groups is 2. The van der Waals surface area contributed by atoms with Crippen LogP contribution in [-0.2, 0) is 16.0 Å². The number of rotatable bonds is 4. The molecule has 1 heterocycles. The van der Waals surface area contributed by atoms with Crippen LogP contribution in [0.4, 0.5) is 14.9 Å². The first-order valence-corrected chi connectivity index (χ1v) is 11.2. The highest BCUT2D eigenvalue weighted by Crippen LogP contribution is 2.51. The highest BCUT2D eigenvalue weighted by atomic mass is 19.1. The lowest BCUT2D eigenvalue weighted by atomic mass is 9.79. The number of nitrogens with zero attached hydrogens (tertiary/aromatic N) is 1. The maximum Gasteiger partial charge on any atom is 0.415 e. The summed E-state index contributed by atoms with van der Waals surface area (Å²) < 4.78 is 19.1. The molecule has 2 atom stereocenters. The van der Waals surface area contributed by atoms with E-state index >= 15 is 0 Å². The second-order valence-electron chi connectivity index (χ2n) is 9.79. The van der Waals surface area contributed by atoms with E-state index < -0.39 is 29.1 Å². The predicted molar refractivity (Wildman–Crippen MR) is 129 cm³/mol. The Morgan fingerprint density at radius 3 is 2.21 bits per heavy atom. The molecule has 176 valence electrons. The zero-order valence-corrected chi connectivity index (χ0v) is 19.7. The molecule has 34 heavy (non-hydrogen) atoms. The lowest BCUT2D eigenvalue weighted by Crippen LogP contribution is -2.56. The van der Waals surface area contributed by atoms with Gasteiger partial charge in [-0.3, -0.25) is 4.90 Å². The van der Waals surface area contributed by atoms with Crippen molar-refractivity contribution < 1.29 is 23.8 Å². The fourth-order valence-corrected chi connectivity index (χ4v) is 4.56. The first kappa shape index (κ1) is 23.5. The van der Waals surface area contributed by atoms with Crippen molar-refractivity contribution in [3.8, 4) is 11.1 Å². The Hall–Kier alpha value is -3.67. The first-order chi connectivity index (χ1) is 16.0. The predicted octanol–water partition coefficient (Wildman–Crippen LogP) is 6.42. The monoisotopic (exact) mass is 461 g/mol. The van der Waals surface area contributed by atoms with E-state index in [4.69, 9.17) is 4.74 Å². The minimum absolute atomic E-state index is 0.346. The molecule has 0 saturated carbocycles. The summed E-state index contributed by atoms with van der Waals surface area (Å²) in [6.45, 7) is 6.81. The van der Waals surface area contributed by atoms with Gasteiger partial charge in [0, 0.05) is 5.92 Å². The Morgan fingerprint density at radius 1 is 1.00 bits per heavy atom. The van der Waals surface area contributed by atoms with E-state index in [1.165, 1.54) is 17.0 Å². The van der Waals surface area contributed by atoms with Gasteiger partial charge in [-0.2, -0.15) is 0 Å². The maximum atomic E-state index is 13.5. The van der Waals surface area contributed by atoms with Crippen LogP contribution in [0.1, 0.15) is 44.7 Å². The quantitative estimate of drug-likeness (QED) is 0.487. The summed E-state index contributed by atoms with van der Waals surface area (Å²) in [5.74, 6) is -1.96. The third-order valence-electron chi connectivity index (χ3n) is 6.26. The minimum atomic E-state index is -1.57. The summed E-state index contributed by atoms with van der Waals surface area (Å²) in [4.78, 5) is 27.5. The van der Waals surface area contributed by atoms with Crippen LogP contribution < -0.4 is 4.90 Å². The van der Waals surface area contributed by atoms with Crippen LogP contribution in [0.5, 0.6) is 0 Å². The van der Waals surface area contributed by atoms with Crippen molar-refractivity contribution in [2.24, 2.45) is 0 Å². The van der Waals surface area contributed by atoms with Gasteiger partial charge in [-0.15, -0.1) is 0 Å². The number of hydrogen-bond acceptors (Lipinski definition) is 3. The normalized spacial score (nSPS) is 19.6. The molecule has 1 N–H and O–H groups in total. The highest BCUT2D eigenvalue weighted by molar-refractivity contribution is 6.03. The summed E-state index contributed by atoms with van der Waals surface area (Å²) in [6.07, 6.45) is -0.281. The Morgan fingerprint density at radius 2 is 1.62 bits per heavy atom. The third kappa shape index (κ3) is 4.28. The molecular weight excluding hydrogens is 433 g/mol. The van der Waals surface area contributed by atoms with Crippen LogP contribution in [0.15, 0.2) is 72.8 Å². The van der Waals surface area contributed by atoms with Crippen molar-refractivity contribution in [2.45, 2.75) is 51.2 Å². The van der Waals surface area contributed by atoms with Gasteiger partial charge in [-0.1, -0.05) is 54.6 Å². The Bertz CT molecular complexity index is 1220. The van der Waals surface area contributed by atoms with E-state index in [0.717, 1.165) is 22.3 Å². The van der Waals surface area contributed by atoms with Gasteiger partial charge in [0.05, 0.1) is 5.69 Å². The zero-order chi connectivity index (χ0) is 24.7. The van der Waals surface area contributed by atoms with E-state index in [0.29, 0.717) is 12.1 Å². The van der Waals surface area contributed by atoms with Crippen LogP contribution in [-0.4, -0.2) is 28.3 Å². The van der Waals surface area contributed by atoms with Crippen molar-refractivity contribution in [3.63, 3.8) is 0 Å². The Labute approximate surface area is 198 Å². The molecule has 4 rings (SSSR count). The molecule has 6 heteroatoms. The third-order valence-corrected chi connectivity index (χ3v) is 6.26. The van der Waals surface area contributed by atoms with Gasteiger partial charge in [0.2, 0.25) is 0 Å². The molecule has 5 nitrogen and oxygen atoms in total. The standard InChI is InChI=1S/C28H28FNO4/c1-27(2,3)34-26(33)30-24-17-20(19-10-13-21(29)14-11-19)12-15-22(24)23(28(30,4)25(31)32)16-18-8-6-5-7-9-18/h5-15,17,23H,16H2,1-4H3,(H,31,32). The average Bonchev–Trinajstić information content (AvgIpc) is 3.02. The molecule has 0 aromatic heterocycles. The summed E-state index contributed by atoms with van der Waals surface area (Å²) in [7, 11) is 0. The van der Waals surface area contributed by atoms with E-state index in [1.54, 1.807) is 45.9 Å². The number of halogens is 1. The van der Waals surface area contributed by atoms with Crippen LogP contribution >= 0.6 is 0 Å². The molecule has 2 unspecified atom stereocenters. The topological polar surface area (TPSA) is 66.8 Å². The van der Waals surface area contributed by atoms with Crippen molar-refractivity contribution in [3.05, 3.63) is 89.7 Å². The second kappa shape index (κ2) is 8.60. The van der Waals surface area contributed by atoms with Crippen LogP contribution in [0, 0.1) is 5.82 Å². The van der Waals surface area contributed by atoms with Gasteiger partial charge in [0.25, 0.3) is 0 Å². The number of amides is 1. The second-order valence-corrected chi connectivity index (χ2v) is 9.79. The smallest absolute Gasteiger partial charge is 0.415 e. The van der Waals surface area contributed by atoms with E-state index in [1.807, 2.05) is 42.5 Å². The van der Waals surface area contributed by atoms with Gasteiger partial charge >= 0.3 is 12.1 Å². The number of carboxylic acids is 1. The molecule has 3 aromatic carbocycles. The number of carboxylic acid groups (broad SMARTS) is 1. The number of ether oxygens (including phenoxy) is 1. The molecule has 1 aliphatic rings. The molecule has 0 fully saturated rings. The van der Waals surface area contributed by atoms with Gasteiger partial charge in [-0.25, -0.2) is 14.0 Å².